The summed E-state index contributed by atoms with van der Waals surface area (Å²) >= 11 is 7.27. The molecule has 2 amide bonds. The zero-order valence-electron chi connectivity index (χ0n) is 11.5. The number of nitrogens with zero attached hydrogens (tertiary/aromatic N) is 3. The lowest BCUT2D eigenvalue weighted by molar-refractivity contribution is -0.140. The second kappa shape index (κ2) is 5.61. The van der Waals surface area contributed by atoms with Gasteiger partial charge < -0.3 is 0 Å². The lowest BCUT2D eigenvalue weighted by Gasteiger charge is -2.13. The van der Waals surface area contributed by atoms with Gasteiger partial charge in [0.05, 0.1) is 23.0 Å². The molecule has 21 heavy (non-hydrogen) atoms. The van der Waals surface area contributed by atoms with Gasteiger partial charge in [0, 0.05) is 24.5 Å². The Balaban J connectivity index is 1.69. The van der Waals surface area contributed by atoms with Gasteiger partial charge in [-0.1, -0.05) is 11.6 Å². The van der Waals surface area contributed by atoms with Crippen LogP contribution in [0.1, 0.15) is 16.9 Å². The Morgan fingerprint density at radius 1 is 1.43 bits per heavy atom. The number of aromatic nitrogens is 2. The Morgan fingerprint density at radius 3 is 2.86 bits per heavy atom. The Morgan fingerprint density at radius 2 is 2.24 bits per heavy atom. The van der Waals surface area contributed by atoms with Crippen LogP contribution < -0.4 is 0 Å². The van der Waals surface area contributed by atoms with Crippen LogP contribution in [0.4, 0.5) is 0 Å². The molecule has 110 valence electrons. The summed E-state index contributed by atoms with van der Waals surface area (Å²) < 4.78 is 2.36. The average Bonchev–Trinajstić information content (AvgIpc) is 3.08. The van der Waals surface area contributed by atoms with Gasteiger partial charge in [0.25, 0.3) is 0 Å². The fraction of sp³-hybridized carbons (Fsp3) is 0.357. The van der Waals surface area contributed by atoms with Gasteiger partial charge in [-0.15, -0.1) is 11.3 Å². The first kappa shape index (κ1) is 14.3. The van der Waals surface area contributed by atoms with Crippen molar-refractivity contribution in [3.05, 3.63) is 39.3 Å². The number of likely N-dealkylation sites (tertiary alicyclic amines) is 1. The predicted octanol–water partition coefficient (Wildman–Crippen LogP) is 2.25. The highest BCUT2D eigenvalue weighted by atomic mass is 35.5. The molecule has 5 nitrogen and oxygen atoms in total. The molecule has 1 aliphatic rings. The summed E-state index contributed by atoms with van der Waals surface area (Å²) in [5, 5.41) is 4.09. The van der Waals surface area contributed by atoms with Crippen molar-refractivity contribution in [1.82, 2.24) is 14.7 Å². The molecule has 1 atom stereocenters. The van der Waals surface area contributed by atoms with Crippen molar-refractivity contribution < 1.29 is 9.59 Å². The van der Waals surface area contributed by atoms with Crippen molar-refractivity contribution in [2.75, 3.05) is 0 Å². The highest BCUT2D eigenvalue weighted by Gasteiger charge is 2.38. The summed E-state index contributed by atoms with van der Waals surface area (Å²) in [6.07, 6.45) is 4.44. The highest BCUT2D eigenvalue weighted by molar-refractivity contribution is 7.16. The van der Waals surface area contributed by atoms with Gasteiger partial charge in [-0.05, 0) is 24.1 Å². The number of halogens is 1. The molecule has 2 aromatic rings. The van der Waals surface area contributed by atoms with Gasteiger partial charge in [-0.3, -0.25) is 19.2 Å². The summed E-state index contributed by atoms with van der Waals surface area (Å²) in [6.45, 7) is 0.318. The van der Waals surface area contributed by atoms with Crippen molar-refractivity contribution in [2.45, 2.75) is 19.4 Å². The molecule has 0 bridgehead atoms. The van der Waals surface area contributed by atoms with E-state index in [0.29, 0.717) is 17.3 Å². The lowest BCUT2D eigenvalue weighted by Crippen LogP contribution is -2.30. The van der Waals surface area contributed by atoms with Crippen LogP contribution in [0.25, 0.3) is 0 Å². The molecule has 0 spiro atoms. The van der Waals surface area contributed by atoms with E-state index in [9.17, 15) is 9.59 Å². The summed E-state index contributed by atoms with van der Waals surface area (Å²) in [4.78, 5) is 26.7. The average molecular weight is 324 g/mol. The van der Waals surface area contributed by atoms with Crippen LogP contribution in [0.5, 0.6) is 0 Å². The fourth-order valence-corrected chi connectivity index (χ4v) is 3.61. The normalized spacial score (nSPS) is 18.8. The van der Waals surface area contributed by atoms with Crippen LogP contribution in [-0.4, -0.2) is 26.5 Å². The summed E-state index contributed by atoms with van der Waals surface area (Å²) in [6, 6.07) is 3.63. The number of carbonyl (C=O) groups is 2. The van der Waals surface area contributed by atoms with E-state index in [0.717, 1.165) is 10.4 Å². The zero-order chi connectivity index (χ0) is 15.0. The van der Waals surface area contributed by atoms with Crippen molar-refractivity contribution >= 4 is 34.8 Å². The second-order valence-corrected chi connectivity index (χ2v) is 6.95. The lowest BCUT2D eigenvalue weighted by atomic mass is 10.0. The summed E-state index contributed by atoms with van der Waals surface area (Å²) in [5.74, 6) is -0.496. The Bertz CT molecular complexity index is 694. The number of hydrogen-bond donors (Lipinski definition) is 0. The van der Waals surface area contributed by atoms with Gasteiger partial charge in [0.1, 0.15) is 0 Å². The van der Waals surface area contributed by atoms with E-state index < -0.39 is 0 Å². The molecule has 0 aromatic carbocycles. The third-order valence-corrected chi connectivity index (χ3v) is 4.74. The minimum absolute atomic E-state index is 0.103. The van der Waals surface area contributed by atoms with Gasteiger partial charge >= 0.3 is 0 Å². The highest BCUT2D eigenvalue weighted by Crippen LogP contribution is 2.28. The molecule has 3 rings (SSSR count). The smallest absolute Gasteiger partial charge is 0.233 e. The SMILES string of the molecule is Cn1cc(CC2CC(=O)N(Cc3ccc(Cl)s3)C2=O)cn1. The Labute approximate surface area is 131 Å². The number of carbonyl (C=O) groups excluding carboxylic acids is 2. The third-order valence-electron chi connectivity index (χ3n) is 3.52. The zero-order valence-corrected chi connectivity index (χ0v) is 13.0. The molecule has 0 saturated carbocycles. The van der Waals surface area contributed by atoms with Crippen LogP contribution in [0, 0.1) is 5.92 Å². The van der Waals surface area contributed by atoms with Crippen molar-refractivity contribution in [2.24, 2.45) is 13.0 Å². The molecule has 0 N–H and O–H groups in total. The minimum Gasteiger partial charge on any atom is -0.277 e. The molecule has 1 aliphatic heterocycles. The predicted molar refractivity (Wildman–Crippen MR) is 79.9 cm³/mol. The molecule has 1 saturated heterocycles. The van der Waals surface area contributed by atoms with Crippen LogP contribution in [0.2, 0.25) is 4.34 Å². The van der Waals surface area contributed by atoms with E-state index in [1.165, 1.54) is 16.2 Å². The number of hydrogen-bond acceptors (Lipinski definition) is 4. The van der Waals surface area contributed by atoms with E-state index >= 15 is 0 Å². The van der Waals surface area contributed by atoms with Crippen LogP contribution in [0.3, 0.4) is 0 Å². The number of imide groups is 1. The van der Waals surface area contributed by atoms with E-state index in [-0.39, 0.29) is 24.2 Å². The van der Waals surface area contributed by atoms with Gasteiger partial charge in [0.2, 0.25) is 11.8 Å². The molecule has 7 heteroatoms. The Hall–Kier alpha value is -1.66. The molecule has 2 aromatic heterocycles. The van der Waals surface area contributed by atoms with E-state index in [1.807, 2.05) is 19.3 Å². The first-order valence-corrected chi connectivity index (χ1v) is 7.78. The largest absolute Gasteiger partial charge is 0.277 e. The fourth-order valence-electron chi connectivity index (χ4n) is 2.53. The van der Waals surface area contributed by atoms with Crippen molar-refractivity contribution in [3.8, 4) is 0 Å². The number of amides is 2. The maximum absolute atomic E-state index is 12.4. The van der Waals surface area contributed by atoms with Crippen molar-refractivity contribution in [3.63, 3.8) is 0 Å². The van der Waals surface area contributed by atoms with Crippen LogP contribution in [-0.2, 0) is 29.6 Å². The molecular weight excluding hydrogens is 310 g/mol. The molecule has 1 unspecified atom stereocenters. The number of thiophene rings is 1. The Kier molecular flexibility index (Phi) is 3.82. The molecule has 0 aliphatic carbocycles. The second-order valence-electron chi connectivity index (χ2n) is 5.15. The molecular formula is C14H14ClN3O2S. The first-order valence-electron chi connectivity index (χ1n) is 6.59. The number of aryl methyl sites for hydroxylation is 1. The van der Waals surface area contributed by atoms with E-state index in [2.05, 4.69) is 5.10 Å². The van der Waals surface area contributed by atoms with Gasteiger partial charge in [-0.2, -0.15) is 5.10 Å². The first-order chi connectivity index (χ1) is 10.0. The third kappa shape index (κ3) is 3.01. The summed E-state index contributed by atoms with van der Waals surface area (Å²) in [7, 11) is 1.83. The number of rotatable bonds is 4. The standard InChI is InChI=1S/C14H14ClN3O2S/c1-17-7-9(6-16-17)4-10-5-13(19)18(14(10)20)8-11-2-3-12(15)21-11/h2-3,6-7,10H,4-5,8H2,1H3. The molecule has 1 fully saturated rings. The van der Waals surface area contributed by atoms with Gasteiger partial charge in [0.15, 0.2) is 0 Å². The van der Waals surface area contributed by atoms with Crippen molar-refractivity contribution in [1.29, 1.82) is 0 Å². The summed E-state index contributed by atoms with van der Waals surface area (Å²) in [5.41, 5.74) is 0.977. The maximum atomic E-state index is 12.4. The van der Waals surface area contributed by atoms with Crippen LogP contribution in [0.15, 0.2) is 24.5 Å². The topological polar surface area (TPSA) is 55.2 Å². The minimum atomic E-state index is -0.280. The van der Waals surface area contributed by atoms with Crippen LogP contribution >= 0.6 is 22.9 Å². The van der Waals surface area contributed by atoms with E-state index in [4.69, 9.17) is 11.6 Å². The molecule has 3 heterocycles. The maximum Gasteiger partial charge on any atom is 0.233 e. The molecule has 0 radical (unpaired) electrons. The monoisotopic (exact) mass is 323 g/mol. The quantitative estimate of drug-likeness (QED) is 0.811. The van der Waals surface area contributed by atoms with Gasteiger partial charge in [-0.25, -0.2) is 0 Å². The van der Waals surface area contributed by atoms with E-state index in [1.54, 1.807) is 16.9 Å².